The molecule has 4 heteroatoms. The number of para-hydroxylation sites is 1. The number of amides is 1. The zero-order chi connectivity index (χ0) is 15.4. The first kappa shape index (κ1) is 15.0. The second-order valence-electron chi connectivity index (χ2n) is 5.13. The van der Waals surface area contributed by atoms with Gasteiger partial charge < -0.3 is 10.1 Å². The molecule has 0 aromatic heterocycles. The zero-order valence-corrected chi connectivity index (χ0v) is 13.4. The van der Waals surface area contributed by atoms with Crippen molar-refractivity contribution < 1.29 is 9.53 Å². The summed E-state index contributed by atoms with van der Waals surface area (Å²) in [5.74, 6) is 1.59. The lowest BCUT2D eigenvalue weighted by atomic mass is 10.0. The third-order valence-corrected chi connectivity index (χ3v) is 4.82. The van der Waals surface area contributed by atoms with Crippen LogP contribution in [0.4, 0.5) is 0 Å². The Labute approximate surface area is 135 Å². The van der Waals surface area contributed by atoms with Gasteiger partial charge in [-0.2, -0.15) is 0 Å². The van der Waals surface area contributed by atoms with Crippen LogP contribution in [0.2, 0.25) is 0 Å². The van der Waals surface area contributed by atoms with Crippen LogP contribution >= 0.6 is 11.8 Å². The number of benzene rings is 2. The molecule has 1 aliphatic rings. The molecule has 2 aromatic carbocycles. The smallest absolute Gasteiger partial charge is 0.255 e. The topological polar surface area (TPSA) is 38.3 Å². The van der Waals surface area contributed by atoms with E-state index in [2.05, 4.69) is 17.4 Å². The van der Waals surface area contributed by atoms with E-state index in [0.717, 1.165) is 12.2 Å². The van der Waals surface area contributed by atoms with Gasteiger partial charge in [0.2, 0.25) is 0 Å². The second-order valence-corrected chi connectivity index (χ2v) is 6.27. The summed E-state index contributed by atoms with van der Waals surface area (Å²) in [6.45, 7) is 2.47. The van der Waals surface area contributed by atoms with Gasteiger partial charge in [-0.3, -0.25) is 4.79 Å². The van der Waals surface area contributed by atoms with Crippen molar-refractivity contribution in [3.05, 3.63) is 59.7 Å². The van der Waals surface area contributed by atoms with Crippen molar-refractivity contribution >= 4 is 17.7 Å². The van der Waals surface area contributed by atoms with Crippen LogP contribution in [0.15, 0.2) is 53.4 Å². The summed E-state index contributed by atoms with van der Waals surface area (Å²) in [4.78, 5) is 13.9. The molecular weight excluding hydrogens is 294 g/mol. The Morgan fingerprint density at radius 1 is 1.23 bits per heavy atom. The number of thioether (sulfide) groups is 1. The van der Waals surface area contributed by atoms with E-state index >= 15 is 0 Å². The first-order valence-corrected chi connectivity index (χ1v) is 8.52. The van der Waals surface area contributed by atoms with E-state index in [4.69, 9.17) is 4.74 Å². The molecule has 0 unspecified atom stereocenters. The van der Waals surface area contributed by atoms with Crippen molar-refractivity contribution in [1.29, 1.82) is 0 Å². The van der Waals surface area contributed by atoms with Crippen LogP contribution < -0.4 is 10.1 Å². The zero-order valence-electron chi connectivity index (χ0n) is 12.5. The van der Waals surface area contributed by atoms with Crippen LogP contribution in [0.3, 0.4) is 0 Å². The van der Waals surface area contributed by atoms with Crippen LogP contribution in [0, 0.1) is 0 Å². The summed E-state index contributed by atoms with van der Waals surface area (Å²) in [6, 6.07) is 15.7. The molecule has 0 aliphatic carbocycles. The predicted octanol–water partition coefficient (Wildman–Crippen LogP) is 4.05. The van der Waals surface area contributed by atoms with Gasteiger partial charge in [-0.25, -0.2) is 0 Å². The van der Waals surface area contributed by atoms with E-state index in [-0.39, 0.29) is 11.9 Å². The van der Waals surface area contributed by atoms with Crippen LogP contribution in [-0.4, -0.2) is 18.3 Å². The highest BCUT2D eigenvalue weighted by Gasteiger charge is 2.23. The van der Waals surface area contributed by atoms with E-state index in [9.17, 15) is 4.79 Å². The first-order valence-electron chi connectivity index (χ1n) is 7.54. The number of fused-ring (bicyclic) bond motifs is 1. The summed E-state index contributed by atoms with van der Waals surface area (Å²) in [6.07, 6.45) is 0.949. The van der Waals surface area contributed by atoms with Crippen molar-refractivity contribution in [3.8, 4) is 5.75 Å². The number of carbonyl (C=O) groups is 1. The standard InChI is InChI=1S/C18H19NO2S/c1-2-21-16-9-5-3-8-14(16)18(20)19-15-11-12-22-17-10-6-4-7-13(15)17/h3-10,15H,2,11-12H2,1H3,(H,19,20)/t15-/m0/s1. The first-order chi connectivity index (χ1) is 10.8. The van der Waals surface area contributed by atoms with E-state index in [1.165, 1.54) is 10.5 Å². The number of carbonyl (C=O) groups excluding carboxylic acids is 1. The van der Waals surface area contributed by atoms with Crippen molar-refractivity contribution in [3.63, 3.8) is 0 Å². The second kappa shape index (κ2) is 6.88. The maximum absolute atomic E-state index is 12.6. The normalized spacial score (nSPS) is 16.7. The highest BCUT2D eigenvalue weighted by atomic mass is 32.2. The average Bonchev–Trinajstić information content (AvgIpc) is 2.56. The summed E-state index contributed by atoms with van der Waals surface area (Å²) in [5.41, 5.74) is 1.81. The Balaban J connectivity index is 1.81. The lowest BCUT2D eigenvalue weighted by Crippen LogP contribution is -2.30. The highest BCUT2D eigenvalue weighted by molar-refractivity contribution is 7.99. The Morgan fingerprint density at radius 3 is 2.86 bits per heavy atom. The fourth-order valence-electron chi connectivity index (χ4n) is 2.66. The highest BCUT2D eigenvalue weighted by Crippen LogP contribution is 2.36. The molecule has 1 amide bonds. The molecule has 0 saturated carbocycles. The summed E-state index contributed by atoms with van der Waals surface area (Å²) >= 11 is 1.85. The Hall–Kier alpha value is -1.94. The van der Waals surface area contributed by atoms with Crippen molar-refractivity contribution in [2.24, 2.45) is 0 Å². The van der Waals surface area contributed by atoms with Gasteiger partial charge in [0.1, 0.15) is 5.75 Å². The Kier molecular flexibility index (Phi) is 4.68. The van der Waals surface area contributed by atoms with Crippen molar-refractivity contribution in [1.82, 2.24) is 5.32 Å². The molecule has 1 heterocycles. The Bertz CT molecular complexity index is 672. The van der Waals surface area contributed by atoms with Crippen LogP contribution in [0.25, 0.3) is 0 Å². The molecule has 1 N–H and O–H groups in total. The van der Waals surface area contributed by atoms with E-state index < -0.39 is 0 Å². The molecule has 3 nitrogen and oxygen atoms in total. The van der Waals surface area contributed by atoms with Crippen LogP contribution in [-0.2, 0) is 0 Å². The van der Waals surface area contributed by atoms with E-state index in [1.54, 1.807) is 0 Å². The molecular formula is C18H19NO2S. The number of nitrogens with one attached hydrogen (secondary N) is 1. The molecule has 1 atom stereocenters. The van der Waals surface area contributed by atoms with Crippen molar-refractivity contribution in [2.45, 2.75) is 24.3 Å². The SMILES string of the molecule is CCOc1ccccc1C(=O)N[C@H]1CCSc2ccccc21. The maximum Gasteiger partial charge on any atom is 0.255 e. The lowest BCUT2D eigenvalue weighted by molar-refractivity contribution is 0.0931. The molecule has 0 bridgehead atoms. The van der Waals surface area contributed by atoms with Crippen molar-refractivity contribution in [2.75, 3.05) is 12.4 Å². The molecule has 2 aromatic rings. The predicted molar refractivity (Wildman–Crippen MR) is 89.6 cm³/mol. The summed E-state index contributed by atoms with van der Waals surface area (Å²) in [5, 5.41) is 3.16. The number of rotatable bonds is 4. The molecule has 22 heavy (non-hydrogen) atoms. The van der Waals surface area contributed by atoms with Gasteiger partial charge in [-0.1, -0.05) is 30.3 Å². The number of ether oxygens (including phenoxy) is 1. The fourth-order valence-corrected chi connectivity index (χ4v) is 3.79. The molecule has 3 rings (SSSR count). The molecule has 0 saturated heterocycles. The van der Waals surface area contributed by atoms with Crippen LogP contribution in [0.1, 0.15) is 35.3 Å². The summed E-state index contributed by atoms with van der Waals surface area (Å²) < 4.78 is 5.55. The van der Waals surface area contributed by atoms with Gasteiger partial charge in [0.25, 0.3) is 5.91 Å². The van der Waals surface area contributed by atoms with E-state index in [1.807, 2.05) is 55.1 Å². The van der Waals surface area contributed by atoms with E-state index in [0.29, 0.717) is 17.9 Å². The number of hydrogen-bond acceptors (Lipinski definition) is 3. The Morgan fingerprint density at radius 2 is 2.00 bits per heavy atom. The molecule has 114 valence electrons. The third-order valence-electron chi connectivity index (χ3n) is 3.70. The minimum Gasteiger partial charge on any atom is -0.493 e. The molecule has 0 radical (unpaired) electrons. The van der Waals surface area contributed by atoms with Gasteiger partial charge in [0, 0.05) is 10.6 Å². The maximum atomic E-state index is 12.6. The van der Waals surface area contributed by atoms with Gasteiger partial charge >= 0.3 is 0 Å². The average molecular weight is 313 g/mol. The molecule has 1 aliphatic heterocycles. The summed E-state index contributed by atoms with van der Waals surface area (Å²) in [7, 11) is 0. The van der Waals surface area contributed by atoms with Gasteiger partial charge in [0.05, 0.1) is 18.2 Å². The minimum atomic E-state index is -0.0734. The minimum absolute atomic E-state index is 0.0691. The largest absolute Gasteiger partial charge is 0.493 e. The lowest BCUT2D eigenvalue weighted by Gasteiger charge is -2.26. The van der Waals surface area contributed by atoms with Gasteiger partial charge in [0.15, 0.2) is 0 Å². The quantitative estimate of drug-likeness (QED) is 0.925. The third kappa shape index (κ3) is 3.12. The van der Waals surface area contributed by atoms with Gasteiger partial charge in [-0.05, 0) is 37.1 Å². The fraction of sp³-hybridized carbons (Fsp3) is 0.278. The monoisotopic (exact) mass is 313 g/mol. The molecule has 0 fully saturated rings. The molecule has 0 spiro atoms. The number of hydrogen-bond donors (Lipinski definition) is 1. The van der Waals surface area contributed by atoms with Crippen LogP contribution in [0.5, 0.6) is 5.75 Å². The van der Waals surface area contributed by atoms with Gasteiger partial charge in [-0.15, -0.1) is 11.8 Å².